The van der Waals surface area contributed by atoms with Crippen LogP contribution in [0.3, 0.4) is 0 Å². The molecule has 0 amide bonds. The molecular weight excluding hydrogens is 383 g/mol. The Morgan fingerprint density at radius 2 is 1.86 bits per heavy atom. The maximum atomic E-state index is 13.3. The Morgan fingerprint density at radius 3 is 2.52 bits per heavy atom. The van der Waals surface area contributed by atoms with Crippen LogP contribution in [0.1, 0.15) is 18.5 Å². The van der Waals surface area contributed by atoms with E-state index in [1.807, 2.05) is 12.1 Å². The van der Waals surface area contributed by atoms with Crippen LogP contribution in [0.15, 0.2) is 24.5 Å². The molecule has 1 aromatic carbocycles. The van der Waals surface area contributed by atoms with Crippen molar-refractivity contribution in [3.63, 3.8) is 0 Å². The Kier molecular flexibility index (Phi) is 5.12. The lowest BCUT2D eigenvalue weighted by molar-refractivity contribution is -0.139. The predicted octanol–water partition coefficient (Wildman–Crippen LogP) is 3.46. The molecule has 0 aliphatic carbocycles. The Labute approximate surface area is 166 Å². The zero-order valence-corrected chi connectivity index (χ0v) is 16.7. The van der Waals surface area contributed by atoms with Crippen LogP contribution >= 0.6 is 0 Å². The molecule has 2 aromatic heterocycles. The number of fused-ring (bicyclic) bond motifs is 3. The lowest BCUT2D eigenvalue weighted by Gasteiger charge is -2.36. The van der Waals surface area contributed by atoms with Gasteiger partial charge in [-0.25, -0.2) is 4.98 Å². The molecule has 1 saturated heterocycles. The molecule has 1 aliphatic heterocycles. The maximum Gasteiger partial charge on any atom is 0.406 e. The molecule has 0 unspecified atom stereocenters. The van der Waals surface area contributed by atoms with Crippen LogP contribution in [0.5, 0.6) is 5.88 Å². The van der Waals surface area contributed by atoms with Crippen LogP contribution in [0.4, 0.5) is 13.2 Å². The minimum Gasteiger partial charge on any atom is -0.479 e. The summed E-state index contributed by atoms with van der Waals surface area (Å²) in [5.41, 5.74) is 2.28. The Balaban J connectivity index is 1.83. The average molecular weight is 407 g/mol. The second-order valence-corrected chi connectivity index (χ2v) is 7.57. The molecule has 156 valence electrons. The summed E-state index contributed by atoms with van der Waals surface area (Å²) in [7, 11) is 3.51. The van der Waals surface area contributed by atoms with Crippen LogP contribution in [0.2, 0.25) is 0 Å². The molecule has 3 heterocycles. The quantitative estimate of drug-likeness (QED) is 0.663. The number of nitrogens with zero attached hydrogens (tertiary/aromatic N) is 5. The van der Waals surface area contributed by atoms with Gasteiger partial charge in [-0.05, 0) is 31.7 Å². The van der Waals surface area contributed by atoms with E-state index in [4.69, 9.17) is 4.74 Å². The van der Waals surface area contributed by atoms with E-state index in [0.29, 0.717) is 16.4 Å². The summed E-state index contributed by atoms with van der Waals surface area (Å²) in [6.07, 6.45) is -3.04. The van der Waals surface area contributed by atoms with Gasteiger partial charge in [0.25, 0.3) is 0 Å². The topological polar surface area (TPSA) is 46.4 Å². The number of benzene rings is 1. The van der Waals surface area contributed by atoms with Gasteiger partial charge >= 0.3 is 6.18 Å². The van der Waals surface area contributed by atoms with Crippen molar-refractivity contribution in [1.29, 1.82) is 0 Å². The van der Waals surface area contributed by atoms with Gasteiger partial charge in [0.1, 0.15) is 23.9 Å². The normalized spacial score (nSPS) is 17.9. The average Bonchev–Trinajstić information content (AvgIpc) is 3.00. The van der Waals surface area contributed by atoms with Crippen LogP contribution in [-0.4, -0.2) is 70.8 Å². The predicted molar refractivity (Wildman–Crippen MR) is 105 cm³/mol. The highest BCUT2D eigenvalue weighted by Crippen LogP contribution is 2.36. The van der Waals surface area contributed by atoms with Crippen molar-refractivity contribution in [3.8, 4) is 5.88 Å². The van der Waals surface area contributed by atoms with Crippen LogP contribution in [-0.2, 0) is 6.54 Å². The molecule has 0 radical (unpaired) electrons. The highest BCUT2D eigenvalue weighted by atomic mass is 19.4. The smallest absolute Gasteiger partial charge is 0.406 e. The zero-order valence-electron chi connectivity index (χ0n) is 16.7. The highest BCUT2D eigenvalue weighted by molar-refractivity contribution is 6.07. The van der Waals surface area contributed by atoms with Crippen molar-refractivity contribution >= 4 is 21.9 Å². The van der Waals surface area contributed by atoms with E-state index in [0.717, 1.165) is 31.7 Å². The molecular formula is C20H24F3N5O. The minimum absolute atomic E-state index is 0.143. The molecule has 9 heteroatoms. The molecule has 0 N–H and O–H groups in total. The third kappa shape index (κ3) is 3.76. The lowest BCUT2D eigenvalue weighted by atomic mass is 10.0. The molecule has 4 rings (SSSR count). The van der Waals surface area contributed by atoms with E-state index >= 15 is 0 Å². The Morgan fingerprint density at radius 1 is 1.14 bits per heavy atom. The number of halogens is 3. The van der Waals surface area contributed by atoms with Gasteiger partial charge in [0, 0.05) is 37.6 Å². The van der Waals surface area contributed by atoms with Gasteiger partial charge in [0.05, 0.1) is 12.6 Å². The summed E-state index contributed by atoms with van der Waals surface area (Å²) in [6.45, 7) is 4.94. The molecule has 1 atom stereocenters. The fourth-order valence-electron chi connectivity index (χ4n) is 4.07. The summed E-state index contributed by atoms with van der Waals surface area (Å²) in [5, 5.41) is 0.684. The highest BCUT2D eigenvalue weighted by Gasteiger charge is 2.31. The van der Waals surface area contributed by atoms with Crippen molar-refractivity contribution in [2.75, 3.05) is 40.3 Å². The SMILES string of the molecule is COc1ncnc2c3cc([C@@H](C)N4CCN(C)CC4)ccc3n(CC(F)(F)F)c12. The minimum atomic E-state index is -4.37. The Bertz CT molecular complexity index is 1020. The number of aromatic nitrogens is 3. The van der Waals surface area contributed by atoms with E-state index in [-0.39, 0.29) is 17.4 Å². The molecule has 3 aromatic rings. The third-order valence-corrected chi connectivity index (χ3v) is 5.72. The first-order valence-electron chi connectivity index (χ1n) is 9.58. The van der Waals surface area contributed by atoms with Gasteiger partial charge < -0.3 is 14.2 Å². The van der Waals surface area contributed by atoms with Crippen molar-refractivity contribution in [2.24, 2.45) is 0 Å². The maximum absolute atomic E-state index is 13.3. The van der Waals surface area contributed by atoms with Gasteiger partial charge in [-0.3, -0.25) is 4.90 Å². The summed E-state index contributed by atoms with van der Waals surface area (Å²) in [6, 6.07) is 5.79. The van der Waals surface area contributed by atoms with E-state index in [1.54, 1.807) is 6.07 Å². The van der Waals surface area contributed by atoms with E-state index in [9.17, 15) is 13.2 Å². The Hall–Kier alpha value is -2.39. The monoisotopic (exact) mass is 407 g/mol. The van der Waals surface area contributed by atoms with Crippen LogP contribution < -0.4 is 4.74 Å². The van der Waals surface area contributed by atoms with E-state index in [1.165, 1.54) is 18.0 Å². The van der Waals surface area contributed by atoms with Crippen molar-refractivity contribution in [3.05, 3.63) is 30.1 Å². The molecule has 1 fully saturated rings. The summed E-state index contributed by atoms with van der Waals surface area (Å²) in [5.74, 6) is 0.143. The standard InChI is InChI=1S/C20H24F3N5O/c1-13(27-8-6-26(2)7-9-27)14-4-5-16-15(10-14)17-18(19(29-3)25-12-24-17)28(16)11-20(21,22)23/h4-5,10,12-13H,6-9,11H2,1-3H3/t13-/m1/s1. The van der Waals surface area contributed by atoms with Crippen LogP contribution in [0.25, 0.3) is 21.9 Å². The summed E-state index contributed by atoms with van der Waals surface area (Å²) < 4.78 is 46.3. The number of methoxy groups -OCH3 is 1. The second-order valence-electron chi connectivity index (χ2n) is 7.57. The molecule has 29 heavy (non-hydrogen) atoms. The number of ether oxygens (including phenoxy) is 1. The number of alkyl halides is 3. The zero-order chi connectivity index (χ0) is 20.8. The first-order valence-corrected chi connectivity index (χ1v) is 9.58. The first kappa shape index (κ1) is 19.9. The lowest BCUT2D eigenvalue weighted by Crippen LogP contribution is -2.45. The van der Waals surface area contributed by atoms with Gasteiger partial charge in [-0.1, -0.05) is 6.07 Å². The van der Waals surface area contributed by atoms with Crippen LogP contribution in [0, 0.1) is 0 Å². The second kappa shape index (κ2) is 7.46. The number of likely N-dealkylation sites (N-methyl/N-ethyl adjacent to an activating group) is 1. The first-order chi connectivity index (χ1) is 13.8. The fourth-order valence-corrected chi connectivity index (χ4v) is 4.07. The number of hydrogen-bond donors (Lipinski definition) is 0. The largest absolute Gasteiger partial charge is 0.479 e. The summed E-state index contributed by atoms with van der Waals surface area (Å²) in [4.78, 5) is 13.0. The van der Waals surface area contributed by atoms with Crippen molar-refractivity contribution in [1.82, 2.24) is 24.3 Å². The van der Waals surface area contributed by atoms with Gasteiger partial charge in [-0.15, -0.1) is 0 Å². The van der Waals surface area contributed by atoms with Gasteiger partial charge in [0.2, 0.25) is 5.88 Å². The van der Waals surface area contributed by atoms with Crippen molar-refractivity contribution in [2.45, 2.75) is 25.7 Å². The number of piperazine rings is 1. The van der Waals surface area contributed by atoms with Gasteiger partial charge in [-0.2, -0.15) is 18.2 Å². The van der Waals surface area contributed by atoms with Crippen molar-refractivity contribution < 1.29 is 17.9 Å². The molecule has 0 bridgehead atoms. The van der Waals surface area contributed by atoms with Gasteiger partial charge in [0.15, 0.2) is 0 Å². The third-order valence-electron chi connectivity index (χ3n) is 5.72. The molecule has 0 spiro atoms. The number of hydrogen-bond acceptors (Lipinski definition) is 5. The molecule has 6 nitrogen and oxygen atoms in total. The van der Waals surface area contributed by atoms with E-state index < -0.39 is 12.7 Å². The number of rotatable bonds is 4. The molecule has 1 aliphatic rings. The fraction of sp³-hybridized carbons (Fsp3) is 0.500. The summed E-state index contributed by atoms with van der Waals surface area (Å²) >= 11 is 0. The molecule has 0 saturated carbocycles. The van der Waals surface area contributed by atoms with E-state index in [2.05, 4.69) is 33.7 Å².